The number of rotatable bonds is 7. The third kappa shape index (κ3) is 8.72. The Balaban J connectivity index is 0.00000640. The van der Waals surface area contributed by atoms with Gasteiger partial charge in [0.25, 0.3) is 0 Å². The fraction of sp³-hybridized carbons (Fsp3) is 0.156. The van der Waals surface area contributed by atoms with Gasteiger partial charge in [0.1, 0.15) is 5.82 Å². The second-order valence-electron chi connectivity index (χ2n) is 25.5. The van der Waals surface area contributed by atoms with Crippen molar-refractivity contribution in [3.05, 3.63) is 248 Å². The molecule has 2 aliphatic rings. The van der Waals surface area contributed by atoms with Crippen LogP contribution in [0.3, 0.4) is 0 Å². The third-order valence-corrected chi connectivity index (χ3v) is 16.9. The second kappa shape index (κ2) is 20.1. The molecule has 85 heavy (non-hydrogen) atoms. The molecule has 0 fully saturated rings. The molecule has 15 rings (SSSR count). The molecule has 0 N–H and O–H groups in total. The molecule has 6 heterocycles. The molecule has 0 atom stereocenters. The summed E-state index contributed by atoms with van der Waals surface area (Å²) in [5, 5.41) is 4.63. The Morgan fingerprint density at radius 3 is 1.75 bits per heavy atom. The van der Waals surface area contributed by atoms with Gasteiger partial charge in [0.05, 0.1) is 16.7 Å². The summed E-state index contributed by atoms with van der Waals surface area (Å²) < 4.78 is 12.2. The first-order valence-corrected chi connectivity index (χ1v) is 29.2. The Labute approximate surface area is 512 Å². The van der Waals surface area contributed by atoms with Gasteiger partial charge in [-0.05, 0) is 103 Å². The van der Waals surface area contributed by atoms with Crippen molar-refractivity contribution < 1.29 is 25.8 Å². The monoisotopic (exact) mass is 1280 g/mol. The largest absolute Gasteiger partial charge is 0.507 e. The van der Waals surface area contributed by atoms with Crippen LogP contribution in [0.4, 0.5) is 22.7 Å². The molecule has 0 unspecified atom stereocenters. The number of nitrogens with zero attached hydrogens (tertiary/aromatic N) is 6. The van der Waals surface area contributed by atoms with Crippen LogP contribution in [0.1, 0.15) is 79.3 Å². The number of pyridine rings is 2. The molecule has 0 radical (unpaired) electrons. The van der Waals surface area contributed by atoms with Crippen molar-refractivity contribution in [2.45, 2.75) is 78.6 Å². The minimum Gasteiger partial charge on any atom is -0.507 e. The SMILES string of the molecule is CC(C)(C)c1ccnc(-n2c3[c-]c(Oc4[c-]c(N5[CH-]N(c6c(-c7ccccc7)cccc6-c6ccccc6)c6ccccc65)c(C(C)(C)C)nc4C(C)(C)C)ccc3c3c4c(ccc32)-n2c3ccccc3c3cccc(c32)-c2ccccc2-4)c1.[Pt]. The Morgan fingerprint density at radius 1 is 0.459 bits per heavy atom. The summed E-state index contributed by atoms with van der Waals surface area (Å²) in [5.74, 6) is 1.90. The van der Waals surface area contributed by atoms with Crippen molar-refractivity contribution >= 4 is 66.4 Å². The number of fused-ring (bicyclic) bond motifs is 13. The van der Waals surface area contributed by atoms with E-state index in [9.17, 15) is 0 Å². The molecule has 0 saturated carbocycles. The average Bonchev–Trinajstić information content (AvgIpc) is 1.83. The van der Waals surface area contributed by atoms with Gasteiger partial charge >= 0.3 is 0 Å². The first-order valence-electron chi connectivity index (χ1n) is 29.2. The van der Waals surface area contributed by atoms with E-state index in [1.54, 1.807) is 0 Å². The Bertz CT molecular complexity index is 4750. The van der Waals surface area contributed by atoms with E-state index in [1.165, 1.54) is 44.1 Å². The summed E-state index contributed by atoms with van der Waals surface area (Å²) in [6, 6.07) is 82.3. The number of ether oxygens (including phenoxy) is 1. The van der Waals surface area contributed by atoms with Crippen LogP contribution in [0.15, 0.2) is 212 Å². The number of anilines is 4. The average molecular weight is 1280 g/mol. The number of para-hydroxylation sites is 5. The number of hydrogen-bond acceptors (Lipinski definition) is 5. The first kappa shape index (κ1) is 53.9. The normalized spacial score (nSPS) is 13.0. The Kier molecular flexibility index (Phi) is 12.7. The smallest absolute Gasteiger partial charge is 0.135 e. The van der Waals surface area contributed by atoms with E-state index < -0.39 is 10.8 Å². The van der Waals surface area contributed by atoms with Gasteiger partial charge in [-0.3, -0.25) is 0 Å². The van der Waals surface area contributed by atoms with Crippen LogP contribution in [-0.2, 0) is 37.3 Å². The van der Waals surface area contributed by atoms with Crippen molar-refractivity contribution in [1.29, 1.82) is 0 Å². The molecule has 9 aromatic carbocycles. The van der Waals surface area contributed by atoms with E-state index in [2.05, 4.69) is 306 Å². The van der Waals surface area contributed by atoms with Crippen LogP contribution in [-0.4, -0.2) is 19.1 Å². The van der Waals surface area contributed by atoms with Gasteiger partial charge in [0.2, 0.25) is 0 Å². The maximum absolute atomic E-state index is 7.37. The van der Waals surface area contributed by atoms with E-state index >= 15 is 0 Å². The summed E-state index contributed by atoms with van der Waals surface area (Å²) in [7, 11) is 0. The summed E-state index contributed by atoms with van der Waals surface area (Å²) in [6.45, 7) is 22.3. The fourth-order valence-corrected chi connectivity index (χ4v) is 13.0. The zero-order chi connectivity index (χ0) is 57.4. The Morgan fingerprint density at radius 2 is 1.06 bits per heavy atom. The molecule has 2 aliphatic heterocycles. The molecule has 8 heteroatoms. The van der Waals surface area contributed by atoms with Gasteiger partial charge in [0.15, 0.2) is 0 Å². The van der Waals surface area contributed by atoms with Crippen LogP contribution in [0.5, 0.6) is 11.5 Å². The van der Waals surface area contributed by atoms with Crippen molar-refractivity contribution in [3.63, 3.8) is 0 Å². The van der Waals surface area contributed by atoms with Crippen molar-refractivity contribution in [2.24, 2.45) is 0 Å². The molecule has 0 amide bonds. The quantitative estimate of drug-likeness (QED) is 0.149. The molecule has 0 bridgehead atoms. The first-order chi connectivity index (χ1) is 40.6. The van der Waals surface area contributed by atoms with E-state index in [1.807, 2.05) is 6.20 Å². The van der Waals surface area contributed by atoms with Crippen molar-refractivity contribution in [1.82, 2.24) is 19.1 Å². The van der Waals surface area contributed by atoms with Crippen LogP contribution in [0.25, 0.3) is 99.6 Å². The molecular weight excluding hydrogens is 1220 g/mol. The molecule has 420 valence electrons. The van der Waals surface area contributed by atoms with Gasteiger partial charge in [-0.1, -0.05) is 225 Å². The van der Waals surface area contributed by atoms with Crippen LogP contribution in [0, 0.1) is 18.8 Å². The van der Waals surface area contributed by atoms with Crippen LogP contribution in [0.2, 0.25) is 0 Å². The third-order valence-electron chi connectivity index (χ3n) is 16.9. The maximum atomic E-state index is 7.37. The van der Waals surface area contributed by atoms with Gasteiger partial charge in [0, 0.05) is 94.4 Å². The molecule has 0 spiro atoms. The van der Waals surface area contributed by atoms with E-state index in [-0.39, 0.29) is 26.5 Å². The van der Waals surface area contributed by atoms with Gasteiger partial charge in [-0.25, -0.2) is 4.98 Å². The topological polar surface area (TPSA) is 51.4 Å². The molecule has 0 aliphatic carbocycles. The molecule has 4 aromatic heterocycles. The Hall–Kier alpha value is -9.03. The zero-order valence-corrected chi connectivity index (χ0v) is 51.5. The van der Waals surface area contributed by atoms with Gasteiger partial charge in [-0.2, -0.15) is 6.07 Å². The van der Waals surface area contributed by atoms with Crippen LogP contribution < -0.4 is 14.5 Å². The minimum atomic E-state index is -0.435. The summed E-state index contributed by atoms with van der Waals surface area (Å²) in [6.07, 6.45) is 1.94. The van der Waals surface area contributed by atoms with Crippen molar-refractivity contribution in [3.8, 4) is 67.5 Å². The molecule has 0 saturated heterocycles. The van der Waals surface area contributed by atoms with E-state index in [0.717, 1.165) is 95.3 Å². The number of benzene rings is 9. The predicted octanol–water partition coefficient (Wildman–Crippen LogP) is 20.3. The molecule has 7 nitrogen and oxygen atoms in total. The minimum absolute atomic E-state index is 0. The van der Waals surface area contributed by atoms with Gasteiger partial charge in [-0.15, -0.1) is 30.3 Å². The fourth-order valence-electron chi connectivity index (χ4n) is 13.0. The number of hydrogen-bond donors (Lipinski definition) is 0. The van der Waals surface area contributed by atoms with Gasteiger partial charge < -0.3 is 28.7 Å². The van der Waals surface area contributed by atoms with E-state index in [0.29, 0.717) is 11.5 Å². The van der Waals surface area contributed by atoms with Crippen LogP contribution >= 0.6 is 0 Å². The predicted molar refractivity (Wildman–Crippen MR) is 348 cm³/mol. The zero-order valence-electron chi connectivity index (χ0n) is 49.2. The van der Waals surface area contributed by atoms with Crippen molar-refractivity contribution in [2.75, 3.05) is 9.80 Å². The molecular formula is C77H63N6OPt-3. The second-order valence-corrected chi connectivity index (χ2v) is 25.5. The maximum Gasteiger partial charge on any atom is 0.135 e. The summed E-state index contributed by atoms with van der Waals surface area (Å²) in [4.78, 5) is 15.5. The molecule has 13 aromatic rings. The standard InChI is InChI=1S/C77H63N6O.Pt/c1-75(2,3)50-42-43-78-68(44-50)82-63-40-41-64-69(56-30-17-16-28-54(56)57-33-23-34-58-55-29-18-19-35-60(55)83(64)72(57)58)70(63)59-39-38-51(45-65(59)82)84-67-46-66(73(76(4,5)6)79-74(67)77(7,8)9)80-47-81(62-37-21-20-36-61(62)80)71-52(48-24-12-10-13-25-48)31-22-32-53(71)49-26-14-11-15-27-49;/h10-44,47H,1-9H3;/q-3;. The summed E-state index contributed by atoms with van der Waals surface area (Å²) >= 11 is 0. The number of aromatic nitrogens is 4. The summed E-state index contributed by atoms with van der Waals surface area (Å²) in [5.41, 5.74) is 20.6. The van der Waals surface area contributed by atoms with E-state index in [4.69, 9.17) is 14.7 Å².